The van der Waals surface area contributed by atoms with E-state index < -0.39 is 8.07 Å². The molecule has 2 N–H and O–H groups in total. The molecule has 1 unspecified atom stereocenters. The SMILES string of the molecule is Cc1cc(N2CCC(N3C=CN(CCC[Si](C)(C)C)C3)C2)ccc1N. The van der Waals surface area contributed by atoms with Gasteiger partial charge >= 0.3 is 0 Å². The molecule has 1 aromatic carbocycles. The van der Waals surface area contributed by atoms with Crippen LogP contribution in [0.3, 0.4) is 0 Å². The van der Waals surface area contributed by atoms with Gasteiger partial charge in [-0.3, -0.25) is 0 Å². The van der Waals surface area contributed by atoms with Crippen LogP contribution in [0.1, 0.15) is 18.4 Å². The lowest BCUT2D eigenvalue weighted by molar-refractivity contribution is 0.222. The molecule has 2 aliphatic rings. The van der Waals surface area contributed by atoms with Crippen molar-refractivity contribution in [2.24, 2.45) is 0 Å². The second-order valence-corrected chi connectivity index (χ2v) is 14.5. The average molecular weight is 359 g/mol. The molecule has 5 heteroatoms. The molecule has 1 fully saturated rings. The molecule has 1 atom stereocenters. The van der Waals surface area contributed by atoms with E-state index in [1.165, 1.54) is 36.7 Å². The molecule has 2 aliphatic heterocycles. The van der Waals surface area contributed by atoms with Gasteiger partial charge in [-0.25, -0.2) is 0 Å². The van der Waals surface area contributed by atoms with Crippen molar-refractivity contribution in [1.82, 2.24) is 9.80 Å². The summed E-state index contributed by atoms with van der Waals surface area (Å²) in [5, 5.41) is 0. The third-order valence-corrected chi connectivity index (χ3v) is 7.29. The third-order valence-electron chi connectivity index (χ3n) is 5.44. The predicted octanol–water partition coefficient (Wildman–Crippen LogP) is 3.93. The van der Waals surface area contributed by atoms with Crippen molar-refractivity contribution in [3.8, 4) is 0 Å². The molecule has 0 aliphatic carbocycles. The van der Waals surface area contributed by atoms with Gasteiger partial charge in [-0.15, -0.1) is 0 Å². The lowest BCUT2D eigenvalue weighted by Gasteiger charge is -2.28. The van der Waals surface area contributed by atoms with Gasteiger partial charge in [0.05, 0.1) is 6.67 Å². The molecule has 138 valence electrons. The molecule has 2 heterocycles. The molecule has 1 saturated heterocycles. The summed E-state index contributed by atoms with van der Waals surface area (Å²) < 4.78 is 0. The van der Waals surface area contributed by atoms with Gasteiger partial charge in [0, 0.05) is 57.5 Å². The fourth-order valence-corrected chi connectivity index (χ4v) is 5.00. The largest absolute Gasteiger partial charge is 0.399 e. The summed E-state index contributed by atoms with van der Waals surface area (Å²) in [6.07, 6.45) is 7.16. The van der Waals surface area contributed by atoms with Gasteiger partial charge in [0.15, 0.2) is 0 Å². The maximum absolute atomic E-state index is 5.96. The van der Waals surface area contributed by atoms with Crippen LogP contribution in [-0.4, -0.2) is 50.2 Å². The second-order valence-electron chi connectivity index (χ2n) is 8.86. The standard InChI is InChI=1S/C20H34N4Si/c1-17-14-18(6-7-20(17)21)23-10-8-19(15-23)24-12-11-22(16-24)9-5-13-25(2,3)4/h6-7,11-12,14,19H,5,8-10,13,15-16,21H2,1-4H3. The maximum atomic E-state index is 5.96. The quantitative estimate of drug-likeness (QED) is 0.617. The van der Waals surface area contributed by atoms with E-state index in [0.717, 1.165) is 25.4 Å². The molecule has 3 rings (SSSR count). The Balaban J connectivity index is 1.48. The second kappa shape index (κ2) is 7.32. The van der Waals surface area contributed by atoms with E-state index in [-0.39, 0.29) is 0 Å². The summed E-state index contributed by atoms with van der Waals surface area (Å²) in [5.74, 6) is 0. The highest BCUT2D eigenvalue weighted by Crippen LogP contribution is 2.27. The monoisotopic (exact) mass is 358 g/mol. The van der Waals surface area contributed by atoms with E-state index in [0.29, 0.717) is 6.04 Å². The highest BCUT2D eigenvalue weighted by molar-refractivity contribution is 6.76. The zero-order chi connectivity index (χ0) is 18.0. The predicted molar refractivity (Wildman–Crippen MR) is 112 cm³/mol. The Bertz CT molecular complexity index is 623. The first-order valence-electron chi connectivity index (χ1n) is 9.61. The zero-order valence-electron chi connectivity index (χ0n) is 16.3. The molecule has 0 bridgehead atoms. The highest BCUT2D eigenvalue weighted by atomic mass is 28.3. The summed E-state index contributed by atoms with van der Waals surface area (Å²) >= 11 is 0. The first-order chi connectivity index (χ1) is 11.8. The number of nitrogen functional groups attached to an aromatic ring is 1. The molecule has 1 aromatic rings. The Kier molecular flexibility index (Phi) is 5.32. The number of anilines is 2. The van der Waals surface area contributed by atoms with Gasteiger partial charge in [-0.05, 0) is 43.5 Å². The minimum atomic E-state index is -0.907. The minimum Gasteiger partial charge on any atom is -0.399 e. The minimum absolute atomic E-state index is 0.621. The van der Waals surface area contributed by atoms with Crippen molar-refractivity contribution in [2.45, 2.75) is 51.5 Å². The van der Waals surface area contributed by atoms with Crippen LogP contribution in [0.5, 0.6) is 0 Å². The average Bonchev–Trinajstić information content (AvgIpc) is 3.17. The molecule has 25 heavy (non-hydrogen) atoms. The van der Waals surface area contributed by atoms with Crippen LogP contribution in [-0.2, 0) is 0 Å². The smallest absolute Gasteiger partial charge is 0.0897 e. The van der Waals surface area contributed by atoms with E-state index in [2.05, 4.69) is 65.8 Å². The van der Waals surface area contributed by atoms with Crippen molar-refractivity contribution >= 4 is 19.4 Å². The first-order valence-corrected chi connectivity index (χ1v) is 13.3. The summed E-state index contributed by atoms with van der Waals surface area (Å²) in [4.78, 5) is 7.51. The number of aryl methyl sites for hydroxylation is 1. The van der Waals surface area contributed by atoms with E-state index in [1.807, 2.05) is 6.07 Å². The summed E-state index contributed by atoms with van der Waals surface area (Å²) in [6.45, 7) is 14.0. The van der Waals surface area contributed by atoms with Gasteiger partial charge < -0.3 is 20.4 Å². The number of hydrogen-bond acceptors (Lipinski definition) is 4. The van der Waals surface area contributed by atoms with Gasteiger partial charge in [0.2, 0.25) is 0 Å². The fourth-order valence-electron chi connectivity index (χ4n) is 3.78. The van der Waals surface area contributed by atoms with Crippen LogP contribution < -0.4 is 10.6 Å². The lowest BCUT2D eigenvalue weighted by atomic mass is 10.2. The fraction of sp³-hybridized carbons (Fsp3) is 0.600. The van der Waals surface area contributed by atoms with E-state index in [1.54, 1.807) is 0 Å². The van der Waals surface area contributed by atoms with Crippen LogP contribution >= 0.6 is 0 Å². The first kappa shape index (κ1) is 18.2. The normalized spacial score (nSPS) is 20.8. The Morgan fingerprint density at radius 3 is 2.72 bits per heavy atom. The van der Waals surface area contributed by atoms with Gasteiger partial charge in [-0.1, -0.05) is 25.7 Å². The molecule has 0 aromatic heterocycles. The van der Waals surface area contributed by atoms with Gasteiger partial charge in [0.25, 0.3) is 0 Å². The van der Waals surface area contributed by atoms with Crippen molar-refractivity contribution in [3.63, 3.8) is 0 Å². The number of benzene rings is 1. The molecule has 0 saturated carbocycles. The molecule has 0 spiro atoms. The van der Waals surface area contributed by atoms with Gasteiger partial charge in [0.1, 0.15) is 0 Å². The van der Waals surface area contributed by atoms with E-state index in [9.17, 15) is 0 Å². The van der Waals surface area contributed by atoms with Crippen LogP contribution in [0.25, 0.3) is 0 Å². The van der Waals surface area contributed by atoms with E-state index in [4.69, 9.17) is 5.73 Å². The number of rotatable bonds is 6. The van der Waals surface area contributed by atoms with Gasteiger partial charge in [-0.2, -0.15) is 0 Å². The van der Waals surface area contributed by atoms with E-state index >= 15 is 0 Å². The topological polar surface area (TPSA) is 35.7 Å². The Hall–Kier alpha value is -1.62. The molecular weight excluding hydrogens is 324 g/mol. The van der Waals surface area contributed by atoms with Crippen molar-refractivity contribution in [3.05, 3.63) is 36.2 Å². The molecule has 0 radical (unpaired) electrons. The number of nitrogens with two attached hydrogens (primary N) is 1. The zero-order valence-corrected chi connectivity index (χ0v) is 17.3. The number of hydrogen-bond donors (Lipinski definition) is 1. The summed E-state index contributed by atoms with van der Waals surface area (Å²) in [7, 11) is -0.907. The maximum Gasteiger partial charge on any atom is 0.0897 e. The molecule has 4 nitrogen and oxygen atoms in total. The van der Waals surface area contributed by atoms with Crippen molar-refractivity contribution < 1.29 is 0 Å². The summed E-state index contributed by atoms with van der Waals surface area (Å²) in [5.41, 5.74) is 9.33. The number of nitrogens with zero attached hydrogens (tertiary/aromatic N) is 3. The van der Waals surface area contributed by atoms with Crippen LogP contribution in [0.4, 0.5) is 11.4 Å². The van der Waals surface area contributed by atoms with Crippen molar-refractivity contribution in [2.75, 3.05) is 36.9 Å². The summed E-state index contributed by atoms with van der Waals surface area (Å²) in [6, 6.07) is 8.46. The van der Waals surface area contributed by atoms with Crippen molar-refractivity contribution in [1.29, 1.82) is 0 Å². The Morgan fingerprint density at radius 1 is 1.20 bits per heavy atom. The van der Waals surface area contributed by atoms with Crippen LogP contribution in [0.15, 0.2) is 30.6 Å². The van der Waals surface area contributed by atoms with Crippen LogP contribution in [0.2, 0.25) is 25.7 Å². The van der Waals surface area contributed by atoms with Crippen LogP contribution in [0, 0.1) is 6.92 Å². The molecular formula is C20H34N4Si. The Labute approximate surface area is 154 Å². The molecule has 0 amide bonds. The third kappa shape index (κ3) is 4.72. The Morgan fingerprint density at radius 2 is 2.00 bits per heavy atom. The highest BCUT2D eigenvalue weighted by Gasteiger charge is 2.29. The lowest BCUT2D eigenvalue weighted by Crippen LogP contribution is -2.36.